The molecule has 0 bridgehead atoms. The van der Waals surface area contributed by atoms with Crippen LogP contribution in [0.3, 0.4) is 0 Å². The predicted octanol–water partition coefficient (Wildman–Crippen LogP) is 2.14. The molecule has 100 valence electrons. The van der Waals surface area contributed by atoms with Gasteiger partial charge in [-0.1, -0.05) is 44.2 Å². The lowest BCUT2D eigenvalue weighted by molar-refractivity contribution is -0.125. The van der Waals surface area contributed by atoms with E-state index in [-0.39, 0.29) is 11.8 Å². The van der Waals surface area contributed by atoms with Crippen LogP contribution in [-0.4, -0.2) is 23.7 Å². The maximum Gasteiger partial charge on any atom is 0.223 e. The van der Waals surface area contributed by atoms with E-state index in [9.17, 15) is 9.90 Å². The van der Waals surface area contributed by atoms with E-state index in [0.29, 0.717) is 13.0 Å². The van der Waals surface area contributed by atoms with E-state index in [2.05, 4.69) is 5.32 Å². The number of hydrogen-bond donors (Lipinski definition) is 2. The number of carbonyl (C=O) groups is 1. The van der Waals surface area contributed by atoms with E-state index in [1.54, 1.807) is 0 Å². The molecule has 0 fully saturated rings. The van der Waals surface area contributed by atoms with Crippen molar-refractivity contribution in [2.45, 2.75) is 39.2 Å². The predicted molar refractivity (Wildman–Crippen MR) is 73.2 cm³/mol. The molecule has 1 rings (SSSR count). The van der Waals surface area contributed by atoms with Crippen LogP contribution in [0.4, 0.5) is 0 Å². The highest BCUT2D eigenvalue weighted by atomic mass is 16.3. The Morgan fingerprint density at radius 3 is 2.39 bits per heavy atom. The molecule has 0 radical (unpaired) electrons. The SMILES string of the molecule is CCC(CC)C(=O)NCC(O)Cc1ccccc1. The van der Waals surface area contributed by atoms with Gasteiger partial charge in [0.15, 0.2) is 0 Å². The third-order valence-corrected chi connectivity index (χ3v) is 3.18. The van der Waals surface area contributed by atoms with E-state index >= 15 is 0 Å². The third kappa shape index (κ3) is 4.88. The maximum absolute atomic E-state index is 11.7. The van der Waals surface area contributed by atoms with E-state index < -0.39 is 6.10 Å². The largest absolute Gasteiger partial charge is 0.391 e. The van der Waals surface area contributed by atoms with Gasteiger partial charge in [0.05, 0.1) is 6.10 Å². The molecule has 0 saturated heterocycles. The minimum absolute atomic E-state index is 0.0483. The molecule has 0 aliphatic rings. The summed E-state index contributed by atoms with van der Waals surface area (Å²) in [7, 11) is 0. The Bertz CT molecular complexity index is 347. The molecular formula is C15H23NO2. The number of carbonyl (C=O) groups excluding carboxylic acids is 1. The van der Waals surface area contributed by atoms with Crippen molar-refractivity contribution >= 4 is 5.91 Å². The van der Waals surface area contributed by atoms with Crippen molar-refractivity contribution in [2.24, 2.45) is 5.92 Å². The van der Waals surface area contributed by atoms with Crippen molar-refractivity contribution in [1.29, 1.82) is 0 Å². The molecule has 3 nitrogen and oxygen atoms in total. The van der Waals surface area contributed by atoms with Gasteiger partial charge in [0.2, 0.25) is 5.91 Å². The summed E-state index contributed by atoms with van der Waals surface area (Å²) >= 11 is 0. The molecule has 1 unspecified atom stereocenters. The van der Waals surface area contributed by atoms with Gasteiger partial charge in [-0.05, 0) is 18.4 Å². The van der Waals surface area contributed by atoms with Gasteiger partial charge in [-0.15, -0.1) is 0 Å². The van der Waals surface area contributed by atoms with E-state index in [1.807, 2.05) is 44.2 Å². The number of aliphatic hydroxyl groups is 1. The van der Waals surface area contributed by atoms with E-state index in [1.165, 1.54) is 0 Å². The zero-order valence-corrected chi connectivity index (χ0v) is 11.2. The number of amides is 1. The van der Waals surface area contributed by atoms with Crippen LogP contribution in [0.1, 0.15) is 32.3 Å². The first-order valence-corrected chi connectivity index (χ1v) is 6.67. The van der Waals surface area contributed by atoms with Crippen LogP contribution in [0.2, 0.25) is 0 Å². The molecular weight excluding hydrogens is 226 g/mol. The van der Waals surface area contributed by atoms with Gasteiger partial charge < -0.3 is 10.4 Å². The fourth-order valence-electron chi connectivity index (χ4n) is 1.98. The molecule has 0 aliphatic carbocycles. The normalized spacial score (nSPS) is 12.4. The van der Waals surface area contributed by atoms with Crippen molar-refractivity contribution in [2.75, 3.05) is 6.54 Å². The molecule has 1 aromatic rings. The molecule has 1 aromatic carbocycles. The summed E-state index contributed by atoms with van der Waals surface area (Å²) < 4.78 is 0. The smallest absolute Gasteiger partial charge is 0.223 e. The van der Waals surface area contributed by atoms with Gasteiger partial charge in [0.1, 0.15) is 0 Å². The van der Waals surface area contributed by atoms with Gasteiger partial charge >= 0.3 is 0 Å². The van der Waals surface area contributed by atoms with Crippen LogP contribution >= 0.6 is 0 Å². The van der Waals surface area contributed by atoms with E-state index in [0.717, 1.165) is 18.4 Å². The Hall–Kier alpha value is -1.35. The summed E-state index contributed by atoms with van der Waals surface area (Å²) in [5, 5.41) is 12.7. The average Bonchev–Trinajstić information content (AvgIpc) is 2.39. The quantitative estimate of drug-likeness (QED) is 0.778. The zero-order chi connectivity index (χ0) is 13.4. The zero-order valence-electron chi connectivity index (χ0n) is 11.2. The van der Waals surface area contributed by atoms with Crippen molar-refractivity contribution < 1.29 is 9.90 Å². The topological polar surface area (TPSA) is 49.3 Å². The van der Waals surface area contributed by atoms with Crippen LogP contribution in [-0.2, 0) is 11.2 Å². The van der Waals surface area contributed by atoms with Crippen molar-refractivity contribution in [1.82, 2.24) is 5.32 Å². The third-order valence-electron chi connectivity index (χ3n) is 3.18. The highest BCUT2D eigenvalue weighted by Crippen LogP contribution is 2.07. The van der Waals surface area contributed by atoms with Crippen LogP contribution < -0.4 is 5.32 Å². The Kier molecular flexibility index (Phi) is 6.44. The Labute approximate surface area is 109 Å². The lowest BCUT2D eigenvalue weighted by atomic mass is 10.0. The second-order valence-corrected chi connectivity index (χ2v) is 4.60. The minimum Gasteiger partial charge on any atom is -0.391 e. The van der Waals surface area contributed by atoms with Crippen LogP contribution in [0.5, 0.6) is 0 Å². The van der Waals surface area contributed by atoms with Crippen LogP contribution in [0, 0.1) is 5.92 Å². The summed E-state index contributed by atoms with van der Waals surface area (Å²) in [6.45, 7) is 4.34. The number of nitrogens with one attached hydrogen (secondary N) is 1. The molecule has 18 heavy (non-hydrogen) atoms. The second-order valence-electron chi connectivity index (χ2n) is 4.60. The molecule has 0 saturated carbocycles. The first kappa shape index (κ1) is 14.7. The van der Waals surface area contributed by atoms with E-state index in [4.69, 9.17) is 0 Å². The van der Waals surface area contributed by atoms with Gasteiger partial charge in [-0.2, -0.15) is 0 Å². The van der Waals surface area contributed by atoms with Crippen molar-refractivity contribution in [3.05, 3.63) is 35.9 Å². The van der Waals surface area contributed by atoms with Gasteiger partial charge in [0.25, 0.3) is 0 Å². The second kappa shape index (κ2) is 7.88. The standard InChI is InChI=1S/C15H23NO2/c1-3-13(4-2)15(18)16-11-14(17)10-12-8-6-5-7-9-12/h5-9,13-14,17H,3-4,10-11H2,1-2H3,(H,16,18). The summed E-state index contributed by atoms with van der Waals surface area (Å²) in [5.41, 5.74) is 1.08. The minimum atomic E-state index is -0.522. The van der Waals surface area contributed by atoms with Crippen molar-refractivity contribution in [3.63, 3.8) is 0 Å². The first-order chi connectivity index (χ1) is 8.67. The molecule has 0 aromatic heterocycles. The fraction of sp³-hybridized carbons (Fsp3) is 0.533. The molecule has 0 heterocycles. The number of benzene rings is 1. The number of aliphatic hydroxyl groups excluding tert-OH is 1. The summed E-state index contributed by atoms with van der Waals surface area (Å²) in [6, 6.07) is 9.80. The Morgan fingerprint density at radius 2 is 1.83 bits per heavy atom. The lowest BCUT2D eigenvalue weighted by Gasteiger charge is -2.15. The highest BCUT2D eigenvalue weighted by molar-refractivity contribution is 5.78. The molecule has 1 amide bonds. The number of hydrogen-bond acceptors (Lipinski definition) is 2. The summed E-state index contributed by atoms with van der Waals surface area (Å²) in [6.07, 6.45) is 1.74. The summed E-state index contributed by atoms with van der Waals surface area (Å²) in [4.78, 5) is 11.7. The highest BCUT2D eigenvalue weighted by Gasteiger charge is 2.15. The molecule has 1 atom stereocenters. The van der Waals surface area contributed by atoms with Gasteiger partial charge in [0, 0.05) is 18.9 Å². The van der Waals surface area contributed by atoms with Crippen LogP contribution in [0.25, 0.3) is 0 Å². The first-order valence-electron chi connectivity index (χ1n) is 6.67. The number of rotatable bonds is 7. The Balaban J connectivity index is 2.33. The molecule has 0 aliphatic heterocycles. The Morgan fingerprint density at radius 1 is 1.22 bits per heavy atom. The summed E-state index contributed by atoms with van der Waals surface area (Å²) in [5.74, 6) is 0.112. The average molecular weight is 249 g/mol. The van der Waals surface area contributed by atoms with Gasteiger partial charge in [-0.3, -0.25) is 4.79 Å². The fourth-order valence-corrected chi connectivity index (χ4v) is 1.98. The molecule has 3 heteroatoms. The lowest BCUT2D eigenvalue weighted by Crippen LogP contribution is -2.36. The molecule has 0 spiro atoms. The monoisotopic (exact) mass is 249 g/mol. The maximum atomic E-state index is 11.7. The van der Waals surface area contributed by atoms with Gasteiger partial charge in [-0.25, -0.2) is 0 Å². The van der Waals surface area contributed by atoms with Crippen molar-refractivity contribution in [3.8, 4) is 0 Å². The van der Waals surface area contributed by atoms with Crippen LogP contribution in [0.15, 0.2) is 30.3 Å². The molecule has 2 N–H and O–H groups in total.